The zero-order valence-electron chi connectivity index (χ0n) is 13.6. The fourth-order valence-corrected chi connectivity index (χ4v) is 3.16. The maximum absolute atomic E-state index is 4.46. The molecule has 0 spiro atoms. The highest BCUT2D eigenvalue weighted by Crippen LogP contribution is 2.17. The quantitative estimate of drug-likeness (QED) is 0.711. The molecule has 2 aromatic carbocycles. The average molecular weight is 397 g/mol. The van der Waals surface area contributed by atoms with Crippen molar-refractivity contribution in [2.24, 2.45) is 5.10 Å². The van der Waals surface area contributed by atoms with Crippen molar-refractivity contribution in [2.75, 3.05) is 0 Å². The summed E-state index contributed by atoms with van der Waals surface area (Å²) in [5, 5.41) is 10.8. The van der Waals surface area contributed by atoms with E-state index in [-0.39, 0.29) is 0 Å². The number of amidine groups is 1. The van der Waals surface area contributed by atoms with Crippen LogP contribution in [0.4, 0.5) is 0 Å². The molecule has 0 atom stereocenters. The number of nitrogens with zero attached hydrogens (tertiary/aromatic N) is 4. The molecule has 126 valence electrons. The van der Waals surface area contributed by atoms with E-state index in [1.807, 2.05) is 46.3 Å². The number of halogens is 1. The highest BCUT2D eigenvalue weighted by molar-refractivity contribution is 9.10. The third-order valence-electron chi connectivity index (χ3n) is 3.94. The molecule has 2 heterocycles. The van der Waals surface area contributed by atoms with Gasteiger partial charge in [-0.25, -0.2) is 10.2 Å². The third-order valence-corrected chi connectivity index (χ3v) is 4.43. The summed E-state index contributed by atoms with van der Waals surface area (Å²) in [6.45, 7) is 2.80. The molecule has 0 fully saturated rings. The van der Waals surface area contributed by atoms with Gasteiger partial charge < -0.3 is 0 Å². The van der Waals surface area contributed by atoms with Crippen LogP contribution in [0.15, 0.2) is 70.5 Å². The number of benzene rings is 2. The maximum Gasteiger partial charge on any atom is 0.176 e. The minimum atomic E-state index is 0.704. The van der Waals surface area contributed by atoms with E-state index in [0.717, 1.165) is 21.6 Å². The van der Waals surface area contributed by atoms with Gasteiger partial charge in [0.2, 0.25) is 0 Å². The van der Waals surface area contributed by atoms with Crippen molar-refractivity contribution < 1.29 is 0 Å². The van der Waals surface area contributed by atoms with Crippen molar-refractivity contribution >= 4 is 21.8 Å². The van der Waals surface area contributed by atoms with Gasteiger partial charge >= 0.3 is 0 Å². The van der Waals surface area contributed by atoms with Crippen molar-refractivity contribution in [1.29, 1.82) is 0 Å². The lowest BCUT2D eigenvalue weighted by Gasteiger charge is -2.18. The Kier molecular flexibility index (Phi) is 4.25. The molecule has 3 aromatic rings. The predicted molar refractivity (Wildman–Crippen MR) is 101 cm³/mol. The highest BCUT2D eigenvalue weighted by atomic mass is 79.9. The van der Waals surface area contributed by atoms with Crippen LogP contribution < -0.4 is 11.1 Å². The molecular weight excluding hydrogens is 380 g/mol. The van der Waals surface area contributed by atoms with Gasteiger partial charge in [-0.1, -0.05) is 51.8 Å². The monoisotopic (exact) mass is 396 g/mol. The van der Waals surface area contributed by atoms with Gasteiger partial charge in [0, 0.05) is 10.7 Å². The summed E-state index contributed by atoms with van der Waals surface area (Å²) in [6, 6.07) is 16.4. The number of hydrogen-bond acceptors (Lipinski definition) is 5. The van der Waals surface area contributed by atoms with Crippen LogP contribution in [0.2, 0.25) is 0 Å². The molecule has 0 amide bonds. The van der Waals surface area contributed by atoms with Gasteiger partial charge in [0.25, 0.3) is 0 Å². The lowest BCUT2D eigenvalue weighted by Crippen LogP contribution is -2.40. The molecule has 1 aliphatic rings. The molecule has 0 unspecified atom stereocenters. The van der Waals surface area contributed by atoms with Gasteiger partial charge in [0.15, 0.2) is 5.84 Å². The Morgan fingerprint density at radius 2 is 2.00 bits per heavy atom. The zero-order chi connectivity index (χ0) is 17.2. The number of hydrazine groups is 2. The van der Waals surface area contributed by atoms with Crippen LogP contribution in [0.5, 0.6) is 0 Å². The number of aryl methyl sites for hydroxylation is 1. The molecule has 2 N–H and O–H groups in total. The van der Waals surface area contributed by atoms with Gasteiger partial charge in [0.1, 0.15) is 0 Å². The summed E-state index contributed by atoms with van der Waals surface area (Å²) in [6.07, 6.45) is 3.79. The normalized spacial score (nSPS) is 13.7. The first-order valence-corrected chi connectivity index (χ1v) is 8.71. The van der Waals surface area contributed by atoms with Gasteiger partial charge in [-0.3, -0.25) is 5.01 Å². The lowest BCUT2D eigenvalue weighted by atomic mass is 10.1. The molecule has 0 saturated carbocycles. The third kappa shape index (κ3) is 3.42. The first-order valence-electron chi connectivity index (χ1n) is 7.91. The average Bonchev–Trinajstić information content (AvgIpc) is 3.24. The standard InChI is InChI=1S/C18H17BrN6/c1-13-4-2-5-14(8-13)11-25-18(21-22-23-25)15-10-20-24(12-15)17-7-3-6-16(19)9-17/h2-10,12,22-23H,11H2,1H3. The molecule has 0 aliphatic carbocycles. The Morgan fingerprint density at radius 1 is 1.12 bits per heavy atom. The largest absolute Gasteiger partial charge is 0.266 e. The SMILES string of the molecule is Cc1cccc(CN2NNN=C2c2cnn(-c3cccc(Br)c3)c2)c1. The highest BCUT2D eigenvalue weighted by Gasteiger charge is 2.20. The summed E-state index contributed by atoms with van der Waals surface area (Å²) in [4.78, 5) is 0. The zero-order valence-corrected chi connectivity index (χ0v) is 15.2. The molecule has 7 heteroatoms. The van der Waals surface area contributed by atoms with Crippen LogP contribution in [-0.4, -0.2) is 20.6 Å². The number of nitrogens with one attached hydrogen (secondary N) is 2. The molecule has 1 aliphatic heterocycles. The second kappa shape index (κ2) is 6.70. The van der Waals surface area contributed by atoms with E-state index in [9.17, 15) is 0 Å². The maximum atomic E-state index is 4.46. The van der Waals surface area contributed by atoms with Gasteiger partial charge in [-0.15, -0.1) is 10.6 Å². The van der Waals surface area contributed by atoms with Crippen LogP contribution in [-0.2, 0) is 6.54 Å². The van der Waals surface area contributed by atoms with Crippen molar-refractivity contribution in [3.8, 4) is 5.69 Å². The summed E-state index contributed by atoms with van der Waals surface area (Å²) in [7, 11) is 0. The summed E-state index contributed by atoms with van der Waals surface area (Å²) >= 11 is 3.49. The first-order chi connectivity index (χ1) is 12.2. The summed E-state index contributed by atoms with van der Waals surface area (Å²) < 4.78 is 2.86. The van der Waals surface area contributed by atoms with Crippen molar-refractivity contribution in [3.63, 3.8) is 0 Å². The van der Waals surface area contributed by atoms with Gasteiger partial charge in [-0.2, -0.15) is 5.10 Å². The van der Waals surface area contributed by atoms with Crippen molar-refractivity contribution in [3.05, 3.63) is 82.1 Å². The van der Waals surface area contributed by atoms with E-state index in [1.165, 1.54) is 11.1 Å². The Labute approximate surface area is 154 Å². The number of hydrazone groups is 1. The van der Waals surface area contributed by atoms with E-state index >= 15 is 0 Å². The van der Waals surface area contributed by atoms with E-state index in [2.05, 4.69) is 68.4 Å². The lowest BCUT2D eigenvalue weighted by molar-refractivity contribution is 0.288. The smallest absolute Gasteiger partial charge is 0.176 e. The molecule has 4 rings (SSSR count). The van der Waals surface area contributed by atoms with Crippen LogP contribution in [0, 0.1) is 6.92 Å². The topological polar surface area (TPSA) is 57.5 Å². The first kappa shape index (κ1) is 15.9. The predicted octanol–water partition coefficient (Wildman–Crippen LogP) is 3.13. The van der Waals surface area contributed by atoms with Crippen LogP contribution in [0.3, 0.4) is 0 Å². The molecule has 0 saturated heterocycles. The number of hydrogen-bond donors (Lipinski definition) is 2. The van der Waals surface area contributed by atoms with E-state index < -0.39 is 0 Å². The van der Waals surface area contributed by atoms with Gasteiger partial charge in [0.05, 0.1) is 24.0 Å². The second-order valence-electron chi connectivity index (χ2n) is 5.89. The minimum Gasteiger partial charge on any atom is -0.266 e. The summed E-state index contributed by atoms with van der Waals surface area (Å²) in [5.41, 5.74) is 10.3. The molecule has 1 aromatic heterocycles. The molecule has 25 heavy (non-hydrogen) atoms. The second-order valence-corrected chi connectivity index (χ2v) is 6.80. The van der Waals surface area contributed by atoms with Crippen LogP contribution in [0.1, 0.15) is 16.7 Å². The Balaban J connectivity index is 1.57. The number of rotatable bonds is 4. The molecule has 0 bridgehead atoms. The van der Waals surface area contributed by atoms with Crippen molar-refractivity contribution in [1.82, 2.24) is 25.9 Å². The van der Waals surface area contributed by atoms with E-state index in [4.69, 9.17) is 0 Å². The van der Waals surface area contributed by atoms with Crippen LogP contribution >= 0.6 is 15.9 Å². The fraction of sp³-hybridized carbons (Fsp3) is 0.111. The Morgan fingerprint density at radius 3 is 2.84 bits per heavy atom. The summed E-state index contributed by atoms with van der Waals surface area (Å²) in [5.74, 6) is 0.808. The minimum absolute atomic E-state index is 0.704. The van der Waals surface area contributed by atoms with Gasteiger partial charge in [-0.05, 0) is 30.7 Å². The molecular formula is C18H17BrN6. The molecule has 0 radical (unpaired) electrons. The fourth-order valence-electron chi connectivity index (χ4n) is 2.78. The molecule has 6 nitrogen and oxygen atoms in total. The van der Waals surface area contributed by atoms with E-state index in [0.29, 0.717) is 6.54 Å². The Hall–Kier alpha value is -2.64. The number of aromatic nitrogens is 2. The van der Waals surface area contributed by atoms with Crippen molar-refractivity contribution in [2.45, 2.75) is 13.5 Å². The van der Waals surface area contributed by atoms with E-state index in [1.54, 1.807) is 0 Å². The Bertz CT molecular complexity index is 933. The van der Waals surface area contributed by atoms with Crippen LogP contribution in [0.25, 0.3) is 5.69 Å².